The number of carbonyl (C=O) groups excluding carboxylic acids is 2. The molecular weight excluding hydrogens is 300 g/mol. The van der Waals surface area contributed by atoms with Gasteiger partial charge in [0.25, 0.3) is 5.91 Å². The van der Waals surface area contributed by atoms with E-state index in [0.29, 0.717) is 17.7 Å². The number of anilines is 1. The number of rotatable bonds is 4. The monoisotopic (exact) mass is 318 g/mol. The first-order valence-corrected chi connectivity index (χ1v) is 7.76. The minimum absolute atomic E-state index is 0.0842. The van der Waals surface area contributed by atoms with Gasteiger partial charge in [-0.2, -0.15) is 0 Å². The van der Waals surface area contributed by atoms with Crippen molar-refractivity contribution < 1.29 is 9.59 Å². The molecular formula is C20H18N2O2. The van der Waals surface area contributed by atoms with Crippen LogP contribution in [0.3, 0.4) is 0 Å². The van der Waals surface area contributed by atoms with E-state index in [1.165, 1.54) is 0 Å². The van der Waals surface area contributed by atoms with Crippen molar-refractivity contribution in [2.24, 2.45) is 0 Å². The van der Waals surface area contributed by atoms with Gasteiger partial charge in [0.1, 0.15) is 0 Å². The molecule has 0 saturated carbocycles. The van der Waals surface area contributed by atoms with Gasteiger partial charge in [0, 0.05) is 18.3 Å². The second kappa shape index (κ2) is 6.96. The van der Waals surface area contributed by atoms with Crippen LogP contribution in [0.4, 0.5) is 5.69 Å². The first-order valence-electron chi connectivity index (χ1n) is 7.76. The van der Waals surface area contributed by atoms with E-state index in [0.717, 1.165) is 16.3 Å². The number of carbonyl (C=O) groups is 2. The summed E-state index contributed by atoms with van der Waals surface area (Å²) in [6, 6.07) is 20.8. The Kier molecular flexibility index (Phi) is 4.57. The second-order valence-corrected chi connectivity index (χ2v) is 5.52. The Bertz CT molecular complexity index is 880. The van der Waals surface area contributed by atoms with Crippen molar-refractivity contribution in [2.75, 3.05) is 12.4 Å². The van der Waals surface area contributed by atoms with Gasteiger partial charge in [0.15, 0.2) is 0 Å². The van der Waals surface area contributed by atoms with E-state index >= 15 is 0 Å². The number of nitrogens with one attached hydrogen (secondary N) is 2. The summed E-state index contributed by atoms with van der Waals surface area (Å²) in [6.45, 7) is 0. The van der Waals surface area contributed by atoms with Gasteiger partial charge in [-0.1, -0.05) is 42.5 Å². The average Bonchev–Trinajstić information content (AvgIpc) is 2.62. The van der Waals surface area contributed by atoms with Gasteiger partial charge in [0.2, 0.25) is 5.91 Å². The van der Waals surface area contributed by atoms with Crippen LogP contribution in [0.15, 0.2) is 66.7 Å². The van der Waals surface area contributed by atoms with Crippen LogP contribution in [0, 0.1) is 0 Å². The summed E-state index contributed by atoms with van der Waals surface area (Å²) in [5.41, 5.74) is 2.23. The predicted molar refractivity (Wildman–Crippen MR) is 96.1 cm³/mol. The fraction of sp³-hybridized carbons (Fsp3) is 0.100. The number of amides is 2. The fourth-order valence-corrected chi connectivity index (χ4v) is 2.67. The van der Waals surface area contributed by atoms with Gasteiger partial charge in [0.05, 0.1) is 6.42 Å². The van der Waals surface area contributed by atoms with Crippen LogP contribution in [0.5, 0.6) is 0 Å². The highest BCUT2D eigenvalue weighted by Gasteiger charge is 2.08. The molecule has 0 aliphatic carbocycles. The molecule has 0 fully saturated rings. The van der Waals surface area contributed by atoms with Crippen LogP contribution in [-0.2, 0) is 11.2 Å². The zero-order valence-corrected chi connectivity index (χ0v) is 13.4. The highest BCUT2D eigenvalue weighted by molar-refractivity contribution is 5.97. The molecule has 0 aliphatic heterocycles. The maximum absolute atomic E-state index is 12.3. The summed E-state index contributed by atoms with van der Waals surface area (Å²) in [5, 5.41) is 7.64. The SMILES string of the molecule is CNC(=O)c1ccc(NC(=O)Cc2cccc3ccccc23)cc1. The van der Waals surface area contributed by atoms with Crippen molar-refractivity contribution in [3.63, 3.8) is 0 Å². The van der Waals surface area contributed by atoms with Crippen LogP contribution in [0.2, 0.25) is 0 Å². The number of hydrogen-bond donors (Lipinski definition) is 2. The van der Waals surface area contributed by atoms with E-state index in [2.05, 4.69) is 10.6 Å². The molecule has 0 heterocycles. The molecule has 0 aromatic heterocycles. The van der Waals surface area contributed by atoms with E-state index < -0.39 is 0 Å². The van der Waals surface area contributed by atoms with E-state index in [1.54, 1.807) is 31.3 Å². The molecule has 0 bridgehead atoms. The van der Waals surface area contributed by atoms with Gasteiger partial charge in [-0.3, -0.25) is 9.59 Å². The molecule has 3 aromatic carbocycles. The number of benzene rings is 3. The van der Waals surface area contributed by atoms with Crippen LogP contribution < -0.4 is 10.6 Å². The third-order valence-corrected chi connectivity index (χ3v) is 3.89. The molecule has 4 nitrogen and oxygen atoms in total. The van der Waals surface area contributed by atoms with E-state index in [-0.39, 0.29) is 11.8 Å². The number of fused-ring (bicyclic) bond motifs is 1. The third-order valence-electron chi connectivity index (χ3n) is 3.89. The molecule has 3 aromatic rings. The molecule has 120 valence electrons. The fourth-order valence-electron chi connectivity index (χ4n) is 2.67. The van der Waals surface area contributed by atoms with Crippen molar-refractivity contribution in [1.29, 1.82) is 0 Å². The van der Waals surface area contributed by atoms with Gasteiger partial charge in [-0.25, -0.2) is 0 Å². The molecule has 0 unspecified atom stereocenters. The minimum Gasteiger partial charge on any atom is -0.355 e. The van der Waals surface area contributed by atoms with Crippen LogP contribution in [-0.4, -0.2) is 18.9 Å². The average molecular weight is 318 g/mol. The lowest BCUT2D eigenvalue weighted by Gasteiger charge is -2.08. The van der Waals surface area contributed by atoms with Gasteiger partial charge in [-0.05, 0) is 40.6 Å². The predicted octanol–water partition coefficient (Wildman–Crippen LogP) is 3.38. The Labute approximate surface area is 140 Å². The second-order valence-electron chi connectivity index (χ2n) is 5.52. The van der Waals surface area contributed by atoms with Gasteiger partial charge >= 0.3 is 0 Å². The molecule has 0 spiro atoms. The van der Waals surface area contributed by atoms with E-state index in [4.69, 9.17) is 0 Å². The zero-order chi connectivity index (χ0) is 16.9. The van der Waals surface area contributed by atoms with Crippen molar-refractivity contribution in [3.05, 3.63) is 77.9 Å². The Morgan fingerprint density at radius 3 is 2.33 bits per heavy atom. The van der Waals surface area contributed by atoms with Gasteiger partial charge in [-0.15, -0.1) is 0 Å². The molecule has 0 atom stereocenters. The Morgan fingerprint density at radius 2 is 1.58 bits per heavy atom. The maximum Gasteiger partial charge on any atom is 0.251 e. The Balaban J connectivity index is 1.72. The topological polar surface area (TPSA) is 58.2 Å². The molecule has 2 N–H and O–H groups in total. The lowest BCUT2D eigenvalue weighted by molar-refractivity contribution is -0.115. The first kappa shape index (κ1) is 15.7. The highest BCUT2D eigenvalue weighted by atomic mass is 16.2. The summed E-state index contributed by atoms with van der Waals surface area (Å²) in [4.78, 5) is 23.8. The highest BCUT2D eigenvalue weighted by Crippen LogP contribution is 2.19. The summed E-state index contributed by atoms with van der Waals surface area (Å²) in [7, 11) is 1.59. The van der Waals surface area contributed by atoms with E-state index in [1.807, 2.05) is 42.5 Å². The van der Waals surface area contributed by atoms with E-state index in [9.17, 15) is 9.59 Å². The Hall–Kier alpha value is -3.14. The van der Waals surface area contributed by atoms with Crippen molar-refractivity contribution >= 4 is 28.3 Å². The van der Waals surface area contributed by atoms with Gasteiger partial charge < -0.3 is 10.6 Å². The Morgan fingerprint density at radius 1 is 0.875 bits per heavy atom. The van der Waals surface area contributed by atoms with Crippen LogP contribution in [0.25, 0.3) is 10.8 Å². The summed E-state index contributed by atoms with van der Waals surface area (Å²) < 4.78 is 0. The molecule has 0 saturated heterocycles. The quantitative estimate of drug-likeness (QED) is 0.775. The smallest absolute Gasteiger partial charge is 0.251 e. The molecule has 24 heavy (non-hydrogen) atoms. The summed E-state index contributed by atoms with van der Waals surface area (Å²) >= 11 is 0. The third kappa shape index (κ3) is 3.43. The normalized spacial score (nSPS) is 10.4. The summed E-state index contributed by atoms with van der Waals surface area (Å²) in [6.07, 6.45) is 0.304. The van der Waals surface area contributed by atoms with Crippen molar-refractivity contribution in [1.82, 2.24) is 5.32 Å². The first-order chi connectivity index (χ1) is 11.7. The molecule has 0 aliphatic rings. The number of hydrogen-bond acceptors (Lipinski definition) is 2. The van der Waals surface area contributed by atoms with Crippen molar-refractivity contribution in [3.8, 4) is 0 Å². The largest absolute Gasteiger partial charge is 0.355 e. The van der Waals surface area contributed by atoms with Crippen molar-refractivity contribution in [2.45, 2.75) is 6.42 Å². The van der Waals surface area contributed by atoms with Crippen LogP contribution >= 0.6 is 0 Å². The molecule has 4 heteroatoms. The van der Waals surface area contributed by atoms with Crippen LogP contribution in [0.1, 0.15) is 15.9 Å². The minimum atomic E-state index is -0.149. The lowest BCUT2D eigenvalue weighted by atomic mass is 10.0. The zero-order valence-electron chi connectivity index (χ0n) is 13.4. The summed E-state index contributed by atoms with van der Waals surface area (Å²) in [5.74, 6) is -0.234. The standard InChI is InChI=1S/C20H18N2O2/c1-21-20(24)15-9-11-17(12-10-15)22-19(23)13-16-7-4-6-14-5-2-3-8-18(14)16/h2-12H,13H2,1H3,(H,21,24)(H,22,23). The molecule has 2 amide bonds. The molecule has 0 radical (unpaired) electrons. The maximum atomic E-state index is 12.3. The molecule has 3 rings (SSSR count). The lowest BCUT2D eigenvalue weighted by Crippen LogP contribution is -2.18.